The quantitative estimate of drug-likeness (QED) is 0.736. The number of nitrogens with one attached hydrogen (secondary N) is 2. The highest BCUT2D eigenvalue weighted by atomic mass is 32.2. The van der Waals surface area contributed by atoms with Crippen molar-refractivity contribution >= 4 is 21.4 Å². The van der Waals surface area contributed by atoms with Gasteiger partial charge in [-0.05, 0) is 11.4 Å². The molecule has 2 aromatic rings. The average Bonchev–Trinajstić information content (AvgIpc) is 2.97. The molecule has 2 aromatic heterocycles. The maximum Gasteiger partial charge on any atom is 0.242 e. The largest absolute Gasteiger partial charge is 0.391 e. The van der Waals surface area contributed by atoms with E-state index in [1.807, 2.05) is 0 Å². The number of aliphatic hydroxyl groups excluding tert-OH is 1. The Kier molecular flexibility index (Phi) is 3.57. The zero-order chi connectivity index (χ0) is 12.3. The zero-order valence-electron chi connectivity index (χ0n) is 8.75. The van der Waals surface area contributed by atoms with Crippen LogP contribution < -0.4 is 4.72 Å². The molecule has 0 aliphatic rings. The molecule has 17 heavy (non-hydrogen) atoms. The molecule has 0 saturated heterocycles. The van der Waals surface area contributed by atoms with Crippen molar-refractivity contribution in [3.63, 3.8) is 0 Å². The first-order valence-electron chi connectivity index (χ1n) is 4.78. The molecule has 0 atom stereocenters. The fourth-order valence-corrected chi connectivity index (χ4v) is 3.62. The van der Waals surface area contributed by atoms with E-state index in [-0.39, 0.29) is 18.0 Å². The maximum atomic E-state index is 11.9. The molecule has 0 saturated carbocycles. The number of aliphatic hydroxyl groups is 1. The first-order valence-corrected chi connectivity index (χ1v) is 7.14. The second kappa shape index (κ2) is 4.96. The van der Waals surface area contributed by atoms with Crippen LogP contribution in [0.1, 0.15) is 10.4 Å². The highest BCUT2D eigenvalue weighted by Gasteiger charge is 2.18. The number of H-pyrrole nitrogens is 1. The van der Waals surface area contributed by atoms with Crippen LogP contribution in [0.3, 0.4) is 0 Å². The summed E-state index contributed by atoms with van der Waals surface area (Å²) < 4.78 is 26.3. The van der Waals surface area contributed by atoms with Gasteiger partial charge in [0.1, 0.15) is 0 Å². The highest BCUT2D eigenvalue weighted by Crippen LogP contribution is 2.21. The zero-order valence-corrected chi connectivity index (χ0v) is 10.4. The number of sulfonamides is 1. The molecule has 0 aliphatic heterocycles. The number of thiophene rings is 1. The monoisotopic (exact) mass is 273 g/mol. The molecule has 0 aromatic carbocycles. The van der Waals surface area contributed by atoms with E-state index in [4.69, 9.17) is 5.11 Å². The fourth-order valence-electron chi connectivity index (χ4n) is 1.31. The lowest BCUT2D eigenvalue weighted by atomic mass is 10.4. The molecular weight excluding hydrogens is 262 g/mol. The fraction of sp³-hybridized carbons (Fsp3) is 0.222. The lowest BCUT2D eigenvalue weighted by molar-refractivity contribution is 0.282. The van der Waals surface area contributed by atoms with Gasteiger partial charge in [-0.3, -0.25) is 5.10 Å². The van der Waals surface area contributed by atoms with Crippen molar-refractivity contribution in [3.05, 3.63) is 34.3 Å². The molecule has 0 amide bonds. The smallest absolute Gasteiger partial charge is 0.242 e. The minimum atomic E-state index is -3.58. The summed E-state index contributed by atoms with van der Waals surface area (Å²) in [5.41, 5.74) is 0.745. The van der Waals surface area contributed by atoms with Gasteiger partial charge in [0, 0.05) is 23.2 Å². The van der Waals surface area contributed by atoms with Gasteiger partial charge in [0.15, 0.2) is 0 Å². The van der Waals surface area contributed by atoms with Crippen LogP contribution in [0.15, 0.2) is 28.7 Å². The summed E-state index contributed by atoms with van der Waals surface area (Å²) in [6, 6.07) is 1.48. The van der Waals surface area contributed by atoms with Crippen LogP contribution in [0.2, 0.25) is 0 Å². The van der Waals surface area contributed by atoms with Gasteiger partial charge in [0.2, 0.25) is 10.0 Å². The maximum absolute atomic E-state index is 11.9. The summed E-state index contributed by atoms with van der Waals surface area (Å²) in [6.07, 6.45) is 3.16. The van der Waals surface area contributed by atoms with Gasteiger partial charge in [-0.25, -0.2) is 13.1 Å². The van der Waals surface area contributed by atoms with Crippen LogP contribution in [-0.2, 0) is 23.2 Å². The molecule has 0 bridgehead atoms. The predicted octanol–water partition coefficient (Wildman–Crippen LogP) is 0.442. The molecule has 0 radical (unpaired) electrons. The van der Waals surface area contributed by atoms with Crippen molar-refractivity contribution in [3.8, 4) is 0 Å². The van der Waals surface area contributed by atoms with E-state index in [9.17, 15) is 8.42 Å². The van der Waals surface area contributed by atoms with Crippen molar-refractivity contribution in [2.75, 3.05) is 0 Å². The summed E-state index contributed by atoms with van der Waals surface area (Å²) >= 11 is 1.21. The number of rotatable bonds is 5. The molecule has 0 aliphatic carbocycles. The Morgan fingerprint density at radius 1 is 1.53 bits per heavy atom. The van der Waals surface area contributed by atoms with E-state index >= 15 is 0 Å². The molecule has 92 valence electrons. The molecule has 0 unspecified atom stereocenters. The van der Waals surface area contributed by atoms with E-state index in [0.717, 1.165) is 5.56 Å². The SMILES string of the molecule is O=S(=O)(NCc1cn[nH]c1)c1ccsc1CO. The van der Waals surface area contributed by atoms with E-state index in [1.165, 1.54) is 17.4 Å². The number of aromatic amines is 1. The Balaban J connectivity index is 2.14. The molecular formula is C9H11N3O3S2. The Morgan fingerprint density at radius 3 is 3.00 bits per heavy atom. The minimum Gasteiger partial charge on any atom is -0.391 e. The van der Waals surface area contributed by atoms with Gasteiger partial charge in [0.25, 0.3) is 0 Å². The topological polar surface area (TPSA) is 95.1 Å². The predicted molar refractivity (Wildman–Crippen MR) is 62.9 cm³/mol. The van der Waals surface area contributed by atoms with Crippen LogP contribution in [-0.4, -0.2) is 23.7 Å². The molecule has 6 nitrogen and oxygen atoms in total. The van der Waals surface area contributed by atoms with Crippen molar-refractivity contribution in [1.82, 2.24) is 14.9 Å². The second-order valence-corrected chi connectivity index (χ2v) is 6.03. The van der Waals surface area contributed by atoms with E-state index < -0.39 is 10.0 Å². The van der Waals surface area contributed by atoms with Gasteiger partial charge in [-0.1, -0.05) is 0 Å². The normalized spacial score (nSPS) is 11.8. The van der Waals surface area contributed by atoms with E-state index in [2.05, 4.69) is 14.9 Å². The second-order valence-electron chi connectivity index (χ2n) is 3.30. The lowest BCUT2D eigenvalue weighted by Crippen LogP contribution is -2.23. The average molecular weight is 273 g/mol. The van der Waals surface area contributed by atoms with Crippen LogP contribution in [0.4, 0.5) is 0 Å². The van der Waals surface area contributed by atoms with Crippen molar-refractivity contribution in [2.45, 2.75) is 18.0 Å². The molecule has 2 heterocycles. The molecule has 0 fully saturated rings. The molecule has 0 spiro atoms. The summed E-state index contributed by atoms with van der Waals surface area (Å²) in [7, 11) is -3.58. The summed E-state index contributed by atoms with van der Waals surface area (Å²) in [6.45, 7) is -0.112. The van der Waals surface area contributed by atoms with Crippen LogP contribution in [0.25, 0.3) is 0 Å². The minimum absolute atomic E-state index is 0.133. The standard InChI is InChI=1S/C9H11N3O3S2/c13-6-8-9(1-2-16-8)17(14,15)12-5-7-3-10-11-4-7/h1-4,12-13H,5-6H2,(H,10,11). The summed E-state index contributed by atoms with van der Waals surface area (Å²) in [5, 5.41) is 17.0. The van der Waals surface area contributed by atoms with Gasteiger partial charge >= 0.3 is 0 Å². The summed E-state index contributed by atoms with van der Waals surface area (Å²) in [4.78, 5) is 0.568. The summed E-state index contributed by atoms with van der Waals surface area (Å²) in [5.74, 6) is 0. The van der Waals surface area contributed by atoms with Crippen molar-refractivity contribution in [1.29, 1.82) is 0 Å². The van der Waals surface area contributed by atoms with Gasteiger partial charge < -0.3 is 5.11 Å². The highest BCUT2D eigenvalue weighted by molar-refractivity contribution is 7.89. The first kappa shape index (κ1) is 12.2. The Labute approximate surface area is 102 Å². The van der Waals surface area contributed by atoms with Crippen LogP contribution in [0.5, 0.6) is 0 Å². The third kappa shape index (κ3) is 2.72. The van der Waals surface area contributed by atoms with Crippen LogP contribution in [0, 0.1) is 0 Å². The number of hydrogen-bond donors (Lipinski definition) is 3. The number of nitrogens with zero attached hydrogens (tertiary/aromatic N) is 1. The van der Waals surface area contributed by atoms with Crippen LogP contribution >= 0.6 is 11.3 Å². The van der Waals surface area contributed by atoms with Crippen molar-refractivity contribution < 1.29 is 13.5 Å². The molecule has 3 N–H and O–H groups in total. The Bertz CT molecular complexity index is 574. The first-order chi connectivity index (χ1) is 8.13. The van der Waals surface area contributed by atoms with E-state index in [1.54, 1.807) is 17.8 Å². The van der Waals surface area contributed by atoms with Crippen molar-refractivity contribution in [2.24, 2.45) is 0 Å². The Hall–Kier alpha value is -1.22. The number of aromatic nitrogens is 2. The van der Waals surface area contributed by atoms with Gasteiger partial charge in [-0.15, -0.1) is 11.3 Å². The lowest BCUT2D eigenvalue weighted by Gasteiger charge is -2.05. The third-order valence-corrected chi connectivity index (χ3v) is 4.68. The van der Waals surface area contributed by atoms with E-state index in [0.29, 0.717) is 4.88 Å². The van der Waals surface area contributed by atoms with Gasteiger partial charge in [-0.2, -0.15) is 5.10 Å². The molecule has 2 rings (SSSR count). The molecule has 8 heteroatoms. The Morgan fingerprint density at radius 2 is 2.35 bits per heavy atom. The number of hydrogen-bond acceptors (Lipinski definition) is 5. The third-order valence-electron chi connectivity index (χ3n) is 2.16. The van der Waals surface area contributed by atoms with Gasteiger partial charge in [0.05, 0.1) is 17.7 Å².